The van der Waals surface area contributed by atoms with E-state index in [-0.39, 0.29) is 34.2 Å². The number of rotatable bonds is 11. The van der Waals surface area contributed by atoms with Gasteiger partial charge in [0.25, 0.3) is 11.8 Å². The minimum absolute atomic E-state index is 0.0304. The van der Waals surface area contributed by atoms with Crippen molar-refractivity contribution < 1.29 is 37.3 Å². The molecule has 0 unspecified atom stereocenters. The molecule has 1 aliphatic rings. The Kier molecular flexibility index (Phi) is 7.83. The zero-order valence-electron chi connectivity index (χ0n) is 19.7. The first kappa shape index (κ1) is 28.2. The van der Waals surface area contributed by atoms with Gasteiger partial charge in [-0.15, -0.1) is 16.4 Å². The van der Waals surface area contributed by atoms with E-state index in [1.807, 2.05) is 0 Å². The number of nitrogen functional groups attached to an aromatic ring is 1. The Bertz CT molecular complexity index is 1410. The molecule has 3 heterocycles. The topological polar surface area (TPSA) is 297 Å². The summed E-state index contributed by atoms with van der Waals surface area (Å²) in [7, 11) is -5.01. The first-order valence-corrected chi connectivity index (χ1v) is 12.6. The Hall–Kier alpha value is -4.37. The van der Waals surface area contributed by atoms with Gasteiger partial charge in [-0.05, 0) is 13.8 Å². The number of guanidine groups is 1. The molecular formula is C17H23N11O8S2. The van der Waals surface area contributed by atoms with Crippen molar-refractivity contribution in [3.8, 4) is 0 Å². The fourth-order valence-corrected chi connectivity index (χ4v) is 4.43. The van der Waals surface area contributed by atoms with Crippen LogP contribution < -0.4 is 22.5 Å². The smallest absolute Gasteiger partial charge is 0.362 e. The number of carbonyl (C=O) groups is 3. The van der Waals surface area contributed by atoms with Crippen LogP contribution in [-0.4, -0.2) is 89.5 Å². The average Bonchev–Trinajstić information content (AvgIpc) is 3.43. The molecule has 1 saturated heterocycles. The number of aliphatic imine (C=N–C) groups is 1. The van der Waals surface area contributed by atoms with Gasteiger partial charge >= 0.3 is 16.3 Å². The maximum atomic E-state index is 13.1. The van der Waals surface area contributed by atoms with Gasteiger partial charge in [-0.3, -0.25) is 14.1 Å². The quantitative estimate of drug-likeness (QED) is 0.0509. The Morgan fingerprint density at radius 2 is 2.03 bits per heavy atom. The van der Waals surface area contributed by atoms with E-state index in [1.54, 1.807) is 0 Å². The van der Waals surface area contributed by atoms with Crippen LogP contribution in [0.4, 0.5) is 5.13 Å². The van der Waals surface area contributed by atoms with E-state index in [4.69, 9.17) is 22.0 Å². The second-order valence-electron chi connectivity index (χ2n) is 8.22. The van der Waals surface area contributed by atoms with Gasteiger partial charge < -0.3 is 32.5 Å². The number of nitrogens with two attached hydrogens (primary N) is 3. The lowest BCUT2D eigenvalue weighted by molar-refractivity contribution is -0.161. The Morgan fingerprint density at radius 3 is 2.58 bits per heavy atom. The van der Waals surface area contributed by atoms with Crippen LogP contribution in [0.2, 0.25) is 0 Å². The summed E-state index contributed by atoms with van der Waals surface area (Å²) in [6.07, 6.45) is 1.36. The molecule has 0 saturated carbocycles. The molecule has 2 aromatic heterocycles. The number of aromatic nitrogens is 4. The zero-order chi connectivity index (χ0) is 28.4. The van der Waals surface area contributed by atoms with Gasteiger partial charge in [0.1, 0.15) is 17.4 Å². The van der Waals surface area contributed by atoms with Gasteiger partial charge in [-0.25, -0.2) is 23.8 Å². The number of carbonyl (C=O) groups excluding carboxylic acids is 2. The minimum atomic E-state index is -5.01. The van der Waals surface area contributed by atoms with Crippen molar-refractivity contribution in [1.82, 2.24) is 29.6 Å². The third-order valence-corrected chi connectivity index (χ3v) is 6.57. The van der Waals surface area contributed by atoms with Gasteiger partial charge in [0.15, 0.2) is 16.8 Å². The van der Waals surface area contributed by atoms with Gasteiger partial charge in [-0.2, -0.15) is 8.42 Å². The van der Waals surface area contributed by atoms with E-state index in [9.17, 15) is 32.5 Å². The van der Waals surface area contributed by atoms with Crippen LogP contribution in [0.3, 0.4) is 0 Å². The molecule has 206 valence electrons. The molecule has 38 heavy (non-hydrogen) atoms. The van der Waals surface area contributed by atoms with Crippen molar-refractivity contribution in [3.05, 3.63) is 23.0 Å². The molecule has 0 spiro atoms. The highest BCUT2D eigenvalue weighted by Crippen LogP contribution is 2.25. The molecule has 1 aliphatic heterocycles. The highest BCUT2D eigenvalue weighted by atomic mass is 32.2. The summed E-state index contributed by atoms with van der Waals surface area (Å²) < 4.78 is 34.5. The molecule has 3 rings (SSSR count). The first-order valence-electron chi connectivity index (χ1n) is 10.4. The summed E-state index contributed by atoms with van der Waals surface area (Å²) in [5.74, 6) is -3.80. The van der Waals surface area contributed by atoms with Gasteiger partial charge in [0.2, 0.25) is 5.60 Å². The van der Waals surface area contributed by atoms with E-state index in [0.29, 0.717) is 5.69 Å². The number of hydrogen-bond donors (Lipinski definition) is 6. The van der Waals surface area contributed by atoms with Crippen LogP contribution in [0.15, 0.2) is 21.7 Å². The summed E-state index contributed by atoms with van der Waals surface area (Å²) >= 11 is 0.946. The molecule has 21 heteroatoms. The van der Waals surface area contributed by atoms with Crippen LogP contribution >= 0.6 is 11.3 Å². The maximum absolute atomic E-state index is 13.1. The van der Waals surface area contributed by atoms with Gasteiger partial charge in [0, 0.05) is 5.38 Å². The summed E-state index contributed by atoms with van der Waals surface area (Å²) in [6.45, 7) is 2.00. The van der Waals surface area contributed by atoms with E-state index >= 15 is 0 Å². The van der Waals surface area contributed by atoms with Crippen LogP contribution in [-0.2, 0) is 42.6 Å². The molecule has 0 bridgehead atoms. The number of amides is 2. The second kappa shape index (κ2) is 10.5. The van der Waals surface area contributed by atoms with Crippen LogP contribution in [0.5, 0.6) is 0 Å². The number of thiazole rings is 1. The predicted molar refractivity (Wildman–Crippen MR) is 130 cm³/mol. The molecule has 2 amide bonds. The Morgan fingerprint density at radius 1 is 1.34 bits per heavy atom. The Balaban J connectivity index is 1.87. The summed E-state index contributed by atoms with van der Waals surface area (Å²) in [4.78, 5) is 49.7. The summed E-state index contributed by atoms with van der Waals surface area (Å²) in [5.41, 5.74) is 14.0. The predicted octanol–water partition coefficient (Wildman–Crippen LogP) is -3.13. The number of nitrogens with one attached hydrogen (secondary N) is 1. The zero-order valence-corrected chi connectivity index (χ0v) is 21.4. The standard InChI is InChI=1S/C17H23N11O8S2/c1-17(2,14(31)32)36-25-10(8-6-37-16(20)22-8)12(29)23-11-9(28(13(11)30)38(33,34)35)5-27-4-7(24-26-27)3-21-15(18)19/h4,6,9,11H,3,5H2,1-2H3,(H2,20,22)(H,23,29)(H,31,32)(H4,18,19,21)(H,33,34,35)/b25-10-/t9-,11+/m1/s1. The third kappa shape index (κ3) is 6.30. The molecule has 19 nitrogen and oxygen atoms in total. The highest BCUT2D eigenvalue weighted by molar-refractivity contribution is 7.84. The summed E-state index contributed by atoms with van der Waals surface area (Å²) in [5, 5.41) is 24.2. The van der Waals surface area contributed by atoms with Crippen molar-refractivity contribution in [1.29, 1.82) is 0 Å². The lowest BCUT2D eigenvalue weighted by Gasteiger charge is -2.43. The molecule has 0 aromatic carbocycles. The maximum Gasteiger partial charge on any atom is 0.362 e. The number of carboxylic acid groups (broad SMARTS) is 1. The fourth-order valence-electron chi connectivity index (χ4n) is 3.01. The largest absolute Gasteiger partial charge is 0.478 e. The molecule has 2 atom stereocenters. The molecular weight excluding hydrogens is 550 g/mol. The lowest BCUT2D eigenvalue weighted by atomic mass is 9.98. The van der Waals surface area contributed by atoms with E-state index < -0.39 is 51.5 Å². The number of β-lactam (4-membered cyclic amide) rings is 1. The molecule has 0 radical (unpaired) electrons. The third-order valence-electron chi connectivity index (χ3n) is 4.95. The van der Waals surface area contributed by atoms with Crippen molar-refractivity contribution in [2.24, 2.45) is 21.6 Å². The number of anilines is 1. The molecule has 0 aliphatic carbocycles. The van der Waals surface area contributed by atoms with Crippen LogP contribution in [0.25, 0.3) is 0 Å². The van der Waals surface area contributed by atoms with Crippen LogP contribution in [0.1, 0.15) is 25.2 Å². The number of nitrogens with zero attached hydrogens (tertiary/aromatic N) is 7. The van der Waals surface area contributed by atoms with Crippen LogP contribution in [0, 0.1) is 0 Å². The Labute approximate surface area is 218 Å². The first-order chi connectivity index (χ1) is 17.6. The highest BCUT2D eigenvalue weighted by Gasteiger charge is 2.54. The van der Waals surface area contributed by atoms with Crippen molar-refractivity contribution in [2.45, 2.75) is 44.6 Å². The normalized spacial score (nSPS) is 18.0. The van der Waals surface area contributed by atoms with Gasteiger partial charge in [-0.1, -0.05) is 10.4 Å². The number of aliphatic carboxylic acids is 1. The lowest BCUT2D eigenvalue weighted by Crippen LogP contribution is -2.73. The minimum Gasteiger partial charge on any atom is -0.478 e. The average molecular weight is 574 g/mol. The molecule has 2 aromatic rings. The number of carboxylic acids is 1. The van der Waals surface area contributed by atoms with Crippen molar-refractivity contribution in [2.75, 3.05) is 5.73 Å². The SMILES string of the molecule is CC(C)(O/N=C(\C(=O)N[C@@H]1C(=O)N(S(=O)(=O)O)[C@@H]1Cn1cc(CN=C(N)N)nn1)c1csc(N)n1)C(=O)O. The molecule has 1 fully saturated rings. The number of hydrogen-bond acceptors (Lipinski definition) is 13. The summed E-state index contributed by atoms with van der Waals surface area (Å²) in [6, 6.07) is -2.82. The van der Waals surface area contributed by atoms with E-state index in [2.05, 4.69) is 30.8 Å². The van der Waals surface area contributed by atoms with Crippen molar-refractivity contribution in [3.63, 3.8) is 0 Å². The second-order valence-corrected chi connectivity index (χ2v) is 10.4. The van der Waals surface area contributed by atoms with E-state index in [1.165, 1.54) is 25.4 Å². The fraction of sp³-hybridized carbons (Fsp3) is 0.412. The van der Waals surface area contributed by atoms with Crippen molar-refractivity contribution >= 4 is 56.2 Å². The van der Waals surface area contributed by atoms with Gasteiger partial charge in [0.05, 0.1) is 25.3 Å². The molecule has 9 N–H and O–H groups in total. The van der Waals surface area contributed by atoms with E-state index in [0.717, 1.165) is 16.0 Å². The monoisotopic (exact) mass is 573 g/mol. The number of oxime groups is 1.